The third-order valence-electron chi connectivity index (χ3n) is 3.26. The summed E-state index contributed by atoms with van der Waals surface area (Å²) >= 11 is 1.58. The monoisotopic (exact) mass is 266 g/mol. The first-order valence-corrected chi connectivity index (χ1v) is 7.43. The molecule has 0 aromatic carbocycles. The number of likely N-dealkylation sites (tertiary alicyclic amines) is 1. The molecule has 1 aliphatic rings. The zero-order valence-corrected chi connectivity index (χ0v) is 12.6. The minimum Gasteiger partial charge on any atom is -0.297 e. The molecule has 0 bridgehead atoms. The number of carbonyl (C=O) groups excluding carboxylic acids is 1. The molecule has 1 aromatic heterocycles. The van der Waals surface area contributed by atoms with Gasteiger partial charge in [-0.15, -0.1) is 11.3 Å². The van der Waals surface area contributed by atoms with Gasteiger partial charge in [0.15, 0.2) is 5.78 Å². The van der Waals surface area contributed by atoms with Crippen LogP contribution in [0.3, 0.4) is 0 Å². The minimum absolute atomic E-state index is 0.0548. The van der Waals surface area contributed by atoms with Gasteiger partial charge in [-0.25, -0.2) is 4.98 Å². The second-order valence-corrected chi connectivity index (χ2v) is 7.16. The molecule has 0 saturated carbocycles. The summed E-state index contributed by atoms with van der Waals surface area (Å²) in [7, 11) is 0. The first-order chi connectivity index (χ1) is 8.38. The van der Waals surface area contributed by atoms with E-state index in [9.17, 15) is 4.79 Å². The van der Waals surface area contributed by atoms with Gasteiger partial charge >= 0.3 is 0 Å². The first kappa shape index (κ1) is 13.7. The Hall–Kier alpha value is -0.740. The molecule has 0 amide bonds. The molecule has 2 heterocycles. The average molecular weight is 266 g/mol. The van der Waals surface area contributed by atoms with Crippen LogP contribution in [-0.2, 0) is 12.0 Å². The Morgan fingerprint density at radius 3 is 2.39 bits per heavy atom. The second-order valence-electron chi connectivity index (χ2n) is 6.07. The largest absolute Gasteiger partial charge is 0.297 e. The van der Waals surface area contributed by atoms with Crippen molar-refractivity contribution >= 4 is 17.1 Å². The van der Waals surface area contributed by atoms with E-state index in [0.29, 0.717) is 0 Å². The second kappa shape index (κ2) is 5.10. The number of thiazole rings is 1. The Morgan fingerprint density at radius 2 is 1.94 bits per heavy atom. The molecule has 0 unspecified atom stereocenters. The van der Waals surface area contributed by atoms with Gasteiger partial charge in [-0.3, -0.25) is 9.69 Å². The van der Waals surface area contributed by atoms with E-state index in [2.05, 4.69) is 25.7 Å². The van der Waals surface area contributed by atoms with Crippen molar-refractivity contribution in [3.63, 3.8) is 0 Å². The van der Waals surface area contributed by atoms with Crippen molar-refractivity contribution in [2.24, 2.45) is 0 Å². The van der Waals surface area contributed by atoms with Gasteiger partial charge in [0.1, 0.15) is 5.01 Å². The van der Waals surface area contributed by atoms with Gasteiger partial charge in [0.2, 0.25) is 0 Å². The third kappa shape index (κ3) is 2.98. The number of hydrogen-bond acceptors (Lipinski definition) is 4. The summed E-state index contributed by atoms with van der Waals surface area (Å²) in [6.07, 6.45) is 2.58. The van der Waals surface area contributed by atoms with Crippen molar-refractivity contribution in [2.45, 2.75) is 52.5 Å². The topological polar surface area (TPSA) is 33.2 Å². The highest BCUT2D eigenvalue weighted by molar-refractivity contribution is 7.13. The maximum absolute atomic E-state index is 11.7. The zero-order valence-electron chi connectivity index (χ0n) is 11.7. The van der Waals surface area contributed by atoms with E-state index in [0.717, 1.165) is 22.1 Å². The van der Waals surface area contributed by atoms with Crippen LogP contribution in [0.4, 0.5) is 0 Å². The standard InChI is InChI=1S/C14H22N2OS/c1-10(17)12-13(14(2,3)4)15-11(18-12)9-16-7-5-6-8-16/h5-9H2,1-4H3. The Balaban J connectivity index is 2.24. The Labute approximate surface area is 113 Å². The van der Waals surface area contributed by atoms with Crippen molar-refractivity contribution in [3.05, 3.63) is 15.6 Å². The van der Waals surface area contributed by atoms with E-state index >= 15 is 0 Å². The highest BCUT2D eigenvalue weighted by Crippen LogP contribution is 2.30. The van der Waals surface area contributed by atoms with E-state index in [1.165, 1.54) is 25.9 Å². The lowest BCUT2D eigenvalue weighted by Gasteiger charge is -2.16. The van der Waals surface area contributed by atoms with Crippen molar-refractivity contribution < 1.29 is 4.79 Å². The van der Waals surface area contributed by atoms with Crippen LogP contribution in [0.15, 0.2) is 0 Å². The van der Waals surface area contributed by atoms with Crippen molar-refractivity contribution in [3.8, 4) is 0 Å². The molecule has 2 rings (SSSR count). The van der Waals surface area contributed by atoms with Crippen LogP contribution in [0.1, 0.15) is 60.9 Å². The molecule has 100 valence electrons. The van der Waals surface area contributed by atoms with Crippen LogP contribution >= 0.6 is 11.3 Å². The first-order valence-electron chi connectivity index (χ1n) is 6.61. The number of ketones is 1. The quantitative estimate of drug-likeness (QED) is 0.787. The fourth-order valence-electron chi connectivity index (χ4n) is 2.31. The van der Waals surface area contributed by atoms with E-state index in [-0.39, 0.29) is 11.2 Å². The summed E-state index contributed by atoms with van der Waals surface area (Å²) in [5.41, 5.74) is 0.912. The van der Waals surface area contributed by atoms with E-state index in [1.54, 1.807) is 18.3 Å². The number of carbonyl (C=O) groups is 1. The molecular weight excluding hydrogens is 244 g/mol. The van der Waals surface area contributed by atoms with E-state index in [1.807, 2.05) is 0 Å². The number of rotatable bonds is 3. The van der Waals surface area contributed by atoms with Crippen LogP contribution in [0, 0.1) is 0 Å². The molecule has 0 spiro atoms. The minimum atomic E-state index is -0.0548. The zero-order chi connectivity index (χ0) is 13.3. The van der Waals surface area contributed by atoms with Crippen LogP contribution in [-0.4, -0.2) is 28.8 Å². The average Bonchev–Trinajstić information content (AvgIpc) is 2.85. The molecule has 0 atom stereocenters. The maximum Gasteiger partial charge on any atom is 0.171 e. The van der Waals surface area contributed by atoms with Crippen LogP contribution < -0.4 is 0 Å². The smallest absolute Gasteiger partial charge is 0.171 e. The number of Topliss-reactive ketones (excluding diaryl/α,β-unsaturated/α-hetero) is 1. The molecule has 0 N–H and O–H groups in total. The highest BCUT2D eigenvalue weighted by atomic mass is 32.1. The van der Waals surface area contributed by atoms with Crippen LogP contribution in [0.2, 0.25) is 0 Å². The Bertz CT molecular complexity index is 439. The highest BCUT2D eigenvalue weighted by Gasteiger charge is 2.26. The summed E-state index contributed by atoms with van der Waals surface area (Å²) in [6, 6.07) is 0. The summed E-state index contributed by atoms with van der Waals surface area (Å²) < 4.78 is 0. The summed E-state index contributed by atoms with van der Waals surface area (Å²) in [5.74, 6) is 0.144. The summed E-state index contributed by atoms with van der Waals surface area (Å²) in [5, 5.41) is 1.09. The van der Waals surface area contributed by atoms with Gasteiger partial charge in [0.25, 0.3) is 0 Å². The molecule has 18 heavy (non-hydrogen) atoms. The number of nitrogens with zero attached hydrogens (tertiary/aromatic N) is 2. The van der Waals surface area contributed by atoms with Gasteiger partial charge in [-0.2, -0.15) is 0 Å². The molecule has 0 aliphatic carbocycles. The molecule has 0 radical (unpaired) electrons. The predicted octanol–water partition coefficient (Wildman–Crippen LogP) is 3.24. The molecule has 1 aliphatic heterocycles. The van der Waals surface area contributed by atoms with Crippen LogP contribution in [0.5, 0.6) is 0 Å². The summed E-state index contributed by atoms with van der Waals surface area (Å²) in [4.78, 5) is 19.7. The molecular formula is C14H22N2OS. The van der Waals surface area contributed by atoms with Gasteiger partial charge < -0.3 is 0 Å². The van der Waals surface area contributed by atoms with Crippen molar-refractivity contribution in [2.75, 3.05) is 13.1 Å². The lowest BCUT2D eigenvalue weighted by Crippen LogP contribution is -2.19. The number of aromatic nitrogens is 1. The van der Waals surface area contributed by atoms with Gasteiger partial charge in [-0.1, -0.05) is 20.8 Å². The van der Waals surface area contributed by atoms with Crippen LogP contribution in [0.25, 0.3) is 0 Å². The Kier molecular flexibility index (Phi) is 3.87. The molecule has 1 aromatic rings. The van der Waals surface area contributed by atoms with Gasteiger partial charge in [-0.05, 0) is 25.9 Å². The SMILES string of the molecule is CC(=O)c1sc(CN2CCCC2)nc1C(C)(C)C. The lowest BCUT2D eigenvalue weighted by atomic mass is 9.91. The fourth-order valence-corrected chi connectivity index (χ4v) is 3.52. The van der Waals surface area contributed by atoms with Gasteiger partial charge in [0.05, 0.1) is 17.1 Å². The molecule has 4 heteroatoms. The summed E-state index contributed by atoms with van der Waals surface area (Å²) in [6.45, 7) is 11.2. The Morgan fingerprint density at radius 1 is 1.33 bits per heavy atom. The fraction of sp³-hybridized carbons (Fsp3) is 0.714. The lowest BCUT2D eigenvalue weighted by molar-refractivity contribution is 0.101. The van der Waals surface area contributed by atoms with E-state index in [4.69, 9.17) is 4.98 Å². The normalized spacial score (nSPS) is 17.3. The molecule has 1 saturated heterocycles. The number of hydrogen-bond donors (Lipinski definition) is 0. The molecule has 3 nitrogen and oxygen atoms in total. The van der Waals surface area contributed by atoms with E-state index < -0.39 is 0 Å². The van der Waals surface area contributed by atoms with Crippen molar-refractivity contribution in [1.82, 2.24) is 9.88 Å². The molecule has 1 fully saturated rings. The van der Waals surface area contributed by atoms with Crippen molar-refractivity contribution in [1.29, 1.82) is 0 Å². The van der Waals surface area contributed by atoms with Gasteiger partial charge in [0, 0.05) is 12.3 Å². The predicted molar refractivity (Wildman–Crippen MR) is 75.3 cm³/mol. The third-order valence-corrected chi connectivity index (χ3v) is 4.40. The maximum atomic E-state index is 11.7.